The zero-order valence-corrected chi connectivity index (χ0v) is 50.1. The Morgan fingerprint density at radius 1 is 0.430 bits per heavy atom. The SMILES string of the molecule is CC/C=C\C/C=C\C/C=C\CCCCCCCCCC(=O)OC1C(OCC(COC(=O)CCCCCCCCC/C=C\CCCCCCCC)OC(=O)CCCCCCC/C=C\C/C=C\CCCCC)OC(C(=O)O)C(O)C1O. The van der Waals surface area contributed by atoms with Gasteiger partial charge in [0, 0.05) is 19.3 Å². The third kappa shape index (κ3) is 44.5. The maximum Gasteiger partial charge on any atom is 0.335 e. The number of allylic oxidation sites excluding steroid dienone is 12. The monoisotopic (exact) mass is 1110 g/mol. The van der Waals surface area contributed by atoms with E-state index < -0.39 is 67.3 Å². The van der Waals surface area contributed by atoms with Crippen LogP contribution in [0.5, 0.6) is 0 Å². The van der Waals surface area contributed by atoms with Crippen LogP contribution in [-0.2, 0) is 42.9 Å². The molecule has 3 N–H and O–H groups in total. The Morgan fingerprint density at radius 3 is 1.25 bits per heavy atom. The lowest BCUT2D eigenvalue weighted by Gasteiger charge is -2.40. The number of ether oxygens (including phenoxy) is 5. The molecule has 0 amide bonds. The van der Waals surface area contributed by atoms with Gasteiger partial charge in [0.2, 0.25) is 0 Å². The lowest BCUT2D eigenvalue weighted by molar-refractivity contribution is -0.301. The van der Waals surface area contributed by atoms with Crippen LogP contribution in [0.4, 0.5) is 0 Å². The van der Waals surface area contributed by atoms with Crippen molar-refractivity contribution in [3.05, 3.63) is 72.9 Å². The molecule has 454 valence electrons. The van der Waals surface area contributed by atoms with Gasteiger partial charge in [0.25, 0.3) is 0 Å². The summed E-state index contributed by atoms with van der Waals surface area (Å²) >= 11 is 0. The minimum atomic E-state index is -1.91. The van der Waals surface area contributed by atoms with Crippen molar-refractivity contribution in [1.29, 1.82) is 0 Å². The first-order chi connectivity index (χ1) is 38.6. The second kappa shape index (κ2) is 54.7. The van der Waals surface area contributed by atoms with E-state index in [2.05, 4.69) is 93.7 Å². The summed E-state index contributed by atoms with van der Waals surface area (Å²) in [5.41, 5.74) is 0. The normalized spacial score (nSPS) is 18.3. The molecule has 0 aliphatic carbocycles. The number of aliphatic carboxylic acids is 1. The number of carbonyl (C=O) groups excluding carboxylic acids is 3. The molecule has 0 aromatic carbocycles. The molecule has 1 rings (SSSR count). The van der Waals surface area contributed by atoms with Gasteiger partial charge in [-0.25, -0.2) is 4.79 Å². The number of rotatable bonds is 54. The Hall–Kier alpha value is -3.84. The average molecular weight is 1110 g/mol. The Morgan fingerprint density at radius 2 is 0.797 bits per heavy atom. The van der Waals surface area contributed by atoms with E-state index in [1.165, 1.54) is 83.5 Å². The summed E-state index contributed by atoms with van der Waals surface area (Å²) in [6, 6.07) is 0. The molecule has 1 heterocycles. The number of carbonyl (C=O) groups is 4. The van der Waals surface area contributed by atoms with Crippen LogP contribution in [0.15, 0.2) is 72.9 Å². The average Bonchev–Trinajstić information content (AvgIpc) is 3.43. The van der Waals surface area contributed by atoms with Crippen molar-refractivity contribution < 1.29 is 58.2 Å². The molecule has 1 saturated heterocycles. The van der Waals surface area contributed by atoms with Gasteiger partial charge in [-0.1, -0.05) is 222 Å². The van der Waals surface area contributed by atoms with Crippen LogP contribution < -0.4 is 0 Å². The zero-order valence-electron chi connectivity index (χ0n) is 50.1. The number of hydrogen-bond acceptors (Lipinski definition) is 11. The van der Waals surface area contributed by atoms with E-state index in [9.17, 15) is 34.5 Å². The van der Waals surface area contributed by atoms with Gasteiger partial charge in [-0.3, -0.25) is 14.4 Å². The summed E-state index contributed by atoms with van der Waals surface area (Å²) in [6.45, 7) is 5.86. The quantitative estimate of drug-likeness (QED) is 0.0228. The molecule has 0 bridgehead atoms. The highest BCUT2D eigenvalue weighted by molar-refractivity contribution is 5.74. The molecule has 79 heavy (non-hydrogen) atoms. The molecule has 6 atom stereocenters. The van der Waals surface area contributed by atoms with E-state index in [4.69, 9.17) is 23.7 Å². The van der Waals surface area contributed by atoms with E-state index in [-0.39, 0.29) is 25.9 Å². The Balaban J connectivity index is 2.68. The Bertz CT molecular complexity index is 1650. The highest BCUT2D eigenvalue weighted by atomic mass is 16.7. The molecule has 12 heteroatoms. The van der Waals surface area contributed by atoms with Gasteiger partial charge in [-0.05, 0) is 109 Å². The third-order valence-corrected chi connectivity index (χ3v) is 14.2. The molecule has 0 aromatic heterocycles. The second-order valence-corrected chi connectivity index (χ2v) is 21.7. The third-order valence-electron chi connectivity index (χ3n) is 14.2. The topological polar surface area (TPSA) is 175 Å². The van der Waals surface area contributed by atoms with Crippen molar-refractivity contribution in [3.8, 4) is 0 Å². The summed E-state index contributed by atoms with van der Waals surface area (Å²) in [4.78, 5) is 51.3. The van der Waals surface area contributed by atoms with E-state index in [0.717, 1.165) is 135 Å². The molecule has 6 unspecified atom stereocenters. The molecule has 1 fully saturated rings. The van der Waals surface area contributed by atoms with Crippen LogP contribution in [0.1, 0.15) is 278 Å². The lowest BCUT2D eigenvalue weighted by Crippen LogP contribution is -2.61. The fourth-order valence-corrected chi connectivity index (χ4v) is 9.35. The maximum absolute atomic E-state index is 13.2. The van der Waals surface area contributed by atoms with Crippen molar-refractivity contribution in [3.63, 3.8) is 0 Å². The van der Waals surface area contributed by atoms with Crippen molar-refractivity contribution in [2.45, 2.75) is 314 Å². The molecule has 1 aliphatic rings. The minimum absolute atomic E-state index is 0.0458. The second-order valence-electron chi connectivity index (χ2n) is 21.7. The van der Waals surface area contributed by atoms with Crippen molar-refractivity contribution in [2.24, 2.45) is 0 Å². The van der Waals surface area contributed by atoms with Gasteiger partial charge >= 0.3 is 23.9 Å². The minimum Gasteiger partial charge on any atom is -0.479 e. The first-order valence-corrected chi connectivity index (χ1v) is 31.9. The lowest BCUT2D eigenvalue weighted by atomic mass is 9.98. The number of carboxylic acids is 1. The zero-order chi connectivity index (χ0) is 57.5. The molecule has 0 aromatic rings. The molecular formula is C67H114O12. The number of aliphatic hydroxyl groups excluding tert-OH is 2. The highest BCUT2D eigenvalue weighted by Crippen LogP contribution is 2.26. The van der Waals surface area contributed by atoms with Gasteiger partial charge in [0.15, 0.2) is 24.6 Å². The summed E-state index contributed by atoms with van der Waals surface area (Å²) in [5, 5.41) is 31.6. The van der Waals surface area contributed by atoms with E-state index in [1.807, 2.05) is 0 Å². The summed E-state index contributed by atoms with van der Waals surface area (Å²) < 4.78 is 28.5. The van der Waals surface area contributed by atoms with E-state index in [0.29, 0.717) is 19.3 Å². The van der Waals surface area contributed by atoms with Gasteiger partial charge in [0.05, 0.1) is 6.61 Å². The summed E-state index contributed by atoms with van der Waals surface area (Å²) in [6.07, 6.45) is 57.1. The van der Waals surface area contributed by atoms with Crippen LogP contribution in [0, 0.1) is 0 Å². The fraction of sp³-hybridized carbons (Fsp3) is 0.761. The van der Waals surface area contributed by atoms with Crippen LogP contribution >= 0.6 is 0 Å². The number of aliphatic hydroxyl groups is 2. The number of hydrogen-bond donors (Lipinski definition) is 3. The van der Waals surface area contributed by atoms with E-state index >= 15 is 0 Å². The van der Waals surface area contributed by atoms with Crippen molar-refractivity contribution >= 4 is 23.9 Å². The summed E-state index contributed by atoms with van der Waals surface area (Å²) in [7, 11) is 0. The fourth-order valence-electron chi connectivity index (χ4n) is 9.35. The highest BCUT2D eigenvalue weighted by Gasteiger charge is 2.50. The molecule has 0 spiro atoms. The smallest absolute Gasteiger partial charge is 0.335 e. The Kier molecular flexibility index (Phi) is 50.7. The van der Waals surface area contributed by atoms with Crippen molar-refractivity contribution in [2.75, 3.05) is 13.2 Å². The van der Waals surface area contributed by atoms with Crippen LogP contribution in [-0.4, -0.2) is 89.2 Å². The van der Waals surface area contributed by atoms with Gasteiger partial charge < -0.3 is 39.0 Å². The first-order valence-electron chi connectivity index (χ1n) is 31.9. The maximum atomic E-state index is 13.2. The number of esters is 3. The van der Waals surface area contributed by atoms with Gasteiger partial charge in [-0.2, -0.15) is 0 Å². The standard InChI is InChI=1S/C67H114O12/c1-4-7-10-13-16-19-22-25-28-30-33-35-38-41-44-47-50-53-59(68)75-56-58(77-60(69)54-51-48-45-42-39-36-32-27-24-21-18-15-12-9-6-3)57-76-67-65(63(72)62(71)64(79-67)66(73)74)78-61(70)55-52-49-46-43-40-37-34-31-29-26-23-20-17-14-11-8-5-2/h8,11,17-18,20-21,25-29,32,58,62-65,67,71-72H,4-7,9-10,12-16,19,22-24,30-31,33-57H2,1-3H3,(H,73,74)/b11-8-,20-17-,21-18-,28-25-,29-26-,32-27-. The van der Waals surface area contributed by atoms with Gasteiger partial charge in [-0.15, -0.1) is 0 Å². The molecule has 0 saturated carbocycles. The van der Waals surface area contributed by atoms with E-state index in [1.54, 1.807) is 0 Å². The van der Waals surface area contributed by atoms with Crippen LogP contribution in [0.2, 0.25) is 0 Å². The molecule has 12 nitrogen and oxygen atoms in total. The largest absolute Gasteiger partial charge is 0.479 e. The van der Waals surface area contributed by atoms with Gasteiger partial charge in [0.1, 0.15) is 18.8 Å². The summed E-state index contributed by atoms with van der Waals surface area (Å²) in [5.74, 6) is -3.15. The molecule has 1 aliphatic heterocycles. The van der Waals surface area contributed by atoms with Crippen LogP contribution in [0.25, 0.3) is 0 Å². The van der Waals surface area contributed by atoms with Crippen LogP contribution in [0.3, 0.4) is 0 Å². The first kappa shape index (κ1) is 73.2. The number of unbranched alkanes of at least 4 members (excludes halogenated alkanes) is 28. The van der Waals surface area contributed by atoms with Crippen molar-refractivity contribution in [1.82, 2.24) is 0 Å². The molecule has 0 radical (unpaired) electrons. The Labute approximate surface area is 480 Å². The predicted octanol–water partition coefficient (Wildman–Crippen LogP) is 16.9. The predicted molar refractivity (Wildman–Crippen MR) is 322 cm³/mol. The molecular weight excluding hydrogens is 997 g/mol. The number of carboxylic acid groups (broad SMARTS) is 1.